The highest BCUT2D eigenvalue weighted by atomic mass is 16.5. The number of aryl methyl sites for hydroxylation is 2. The fraction of sp³-hybridized carbons (Fsp3) is 0.706. The normalized spacial score (nSPS) is 32.0. The molecule has 1 aromatic rings. The van der Waals surface area contributed by atoms with E-state index in [1.165, 1.54) is 0 Å². The summed E-state index contributed by atoms with van der Waals surface area (Å²) < 4.78 is 6.18. The molecule has 7 heteroatoms. The summed E-state index contributed by atoms with van der Waals surface area (Å²) in [6, 6.07) is -0.0927. The molecule has 2 amide bonds. The summed E-state index contributed by atoms with van der Waals surface area (Å²) in [5.74, 6) is 0.399. The van der Waals surface area contributed by atoms with Gasteiger partial charge in [-0.05, 0) is 19.8 Å². The molecule has 3 fully saturated rings. The maximum absolute atomic E-state index is 13.1. The molecule has 24 heavy (non-hydrogen) atoms. The third kappa shape index (κ3) is 1.84. The van der Waals surface area contributed by atoms with E-state index in [1.54, 1.807) is 0 Å². The van der Waals surface area contributed by atoms with Crippen LogP contribution in [-0.2, 0) is 9.53 Å². The van der Waals surface area contributed by atoms with Gasteiger partial charge >= 0.3 is 0 Å². The molecule has 0 aliphatic carbocycles. The minimum Gasteiger partial charge on any atom is -0.351 e. The molecule has 130 valence electrons. The fourth-order valence-electron chi connectivity index (χ4n) is 4.62. The van der Waals surface area contributed by atoms with Gasteiger partial charge in [0.25, 0.3) is 5.91 Å². The molecule has 3 saturated heterocycles. The lowest BCUT2D eigenvalue weighted by Gasteiger charge is -2.34. The minimum absolute atomic E-state index is 0.0492. The van der Waals surface area contributed by atoms with Crippen molar-refractivity contribution >= 4 is 11.8 Å². The molecule has 4 rings (SSSR count). The van der Waals surface area contributed by atoms with Crippen molar-refractivity contribution in [2.24, 2.45) is 5.92 Å². The molecule has 3 aliphatic heterocycles. The Morgan fingerprint density at radius 3 is 2.79 bits per heavy atom. The predicted molar refractivity (Wildman–Crippen MR) is 86.3 cm³/mol. The Morgan fingerprint density at radius 1 is 1.42 bits per heavy atom. The zero-order valence-electron chi connectivity index (χ0n) is 14.6. The number of carbonyl (C=O) groups is 2. The minimum atomic E-state index is -0.618. The number of nitrogens with zero attached hydrogens (tertiary/aromatic N) is 3. The zero-order chi connectivity index (χ0) is 17.2. The van der Waals surface area contributed by atoms with E-state index in [0.717, 1.165) is 5.69 Å². The molecule has 0 aromatic carbocycles. The SMILES string of the molecule is Cc1n[nH]c(C)c1C(=O)N1CC[C@@]23OC[C@@H](C(C)C)N2C(=O)C[C@@H]13. The first-order valence-electron chi connectivity index (χ1n) is 8.65. The smallest absolute Gasteiger partial charge is 0.258 e. The molecule has 0 unspecified atom stereocenters. The lowest BCUT2D eigenvalue weighted by Crippen LogP contribution is -2.51. The van der Waals surface area contributed by atoms with Gasteiger partial charge in [-0.2, -0.15) is 5.10 Å². The van der Waals surface area contributed by atoms with Crippen molar-refractivity contribution < 1.29 is 14.3 Å². The highest BCUT2D eigenvalue weighted by Gasteiger charge is 2.65. The second-order valence-corrected chi connectivity index (χ2v) is 7.51. The van der Waals surface area contributed by atoms with Gasteiger partial charge in [0, 0.05) is 18.7 Å². The maximum atomic E-state index is 13.1. The quantitative estimate of drug-likeness (QED) is 0.883. The fourth-order valence-corrected chi connectivity index (χ4v) is 4.62. The summed E-state index contributed by atoms with van der Waals surface area (Å²) in [4.78, 5) is 29.5. The topological polar surface area (TPSA) is 78.5 Å². The van der Waals surface area contributed by atoms with Gasteiger partial charge in [-0.3, -0.25) is 14.7 Å². The summed E-state index contributed by atoms with van der Waals surface area (Å²) in [6.07, 6.45) is 1.04. The number of H-pyrrole nitrogens is 1. The van der Waals surface area contributed by atoms with Gasteiger partial charge in [-0.25, -0.2) is 0 Å². The number of aromatic nitrogens is 2. The number of hydrogen-bond acceptors (Lipinski definition) is 4. The molecular formula is C17H24N4O3. The molecule has 0 radical (unpaired) electrons. The van der Waals surface area contributed by atoms with Crippen LogP contribution in [0.4, 0.5) is 0 Å². The van der Waals surface area contributed by atoms with Crippen LogP contribution >= 0.6 is 0 Å². The Hall–Kier alpha value is -1.89. The van der Waals surface area contributed by atoms with Gasteiger partial charge in [-0.1, -0.05) is 13.8 Å². The van der Waals surface area contributed by atoms with Crippen LogP contribution in [0.1, 0.15) is 48.4 Å². The van der Waals surface area contributed by atoms with Crippen molar-refractivity contribution in [2.45, 2.75) is 58.3 Å². The van der Waals surface area contributed by atoms with E-state index in [4.69, 9.17) is 4.74 Å². The van der Waals surface area contributed by atoms with E-state index < -0.39 is 5.72 Å². The van der Waals surface area contributed by atoms with Crippen LogP contribution in [0.5, 0.6) is 0 Å². The van der Waals surface area contributed by atoms with Gasteiger partial charge in [0.05, 0.1) is 36.4 Å². The molecule has 0 saturated carbocycles. The van der Waals surface area contributed by atoms with Crippen molar-refractivity contribution in [1.29, 1.82) is 0 Å². The number of likely N-dealkylation sites (tertiary alicyclic amines) is 1. The van der Waals surface area contributed by atoms with Crippen LogP contribution in [0.2, 0.25) is 0 Å². The number of rotatable bonds is 2. The summed E-state index contributed by atoms with van der Waals surface area (Å²) in [6.45, 7) is 9.09. The lowest BCUT2D eigenvalue weighted by molar-refractivity contribution is -0.139. The highest BCUT2D eigenvalue weighted by molar-refractivity contribution is 5.97. The lowest BCUT2D eigenvalue weighted by atomic mass is 10.0. The zero-order valence-corrected chi connectivity index (χ0v) is 14.6. The Morgan fingerprint density at radius 2 is 2.17 bits per heavy atom. The van der Waals surface area contributed by atoms with E-state index in [1.807, 2.05) is 23.6 Å². The van der Waals surface area contributed by atoms with E-state index in [2.05, 4.69) is 24.0 Å². The summed E-state index contributed by atoms with van der Waals surface area (Å²) in [7, 11) is 0. The maximum Gasteiger partial charge on any atom is 0.258 e. The molecular weight excluding hydrogens is 308 g/mol. The van der Waals surface area contributed by atoms with Crippen LogP contribution in [-0.4, -0.2) is 62.8 Å². The summed E-state index contributed by atoms with van der Waals surface area (Å²) in [5, 5.41) is 7.00. The van der Waals surface area contributed by atoms with E-state index >= 15 is 0 Å². The second-order valence-electron chi connectivity index (χ2n) is 7.51. The number of aromatic amines is 1. The first-order valence-corrected chi connectivity index (χ1v) is 8.65. The van der Waals surface area contributed by atoms with Gasteiger partial charge in [0.1, 0.15) is 0 Å². The molecule has 1 N–H and O–H groups in total. The Balaban J connectivity index is 1.67. The number of carbonyl (C=O) groups excluding carboxylic acids is 2. The Kier molecular flexibility index (Phi) is 3.29. The van der Waals surface area contributed by atoms with Crippen LogP contribution in [0.25, 0.3) is 0 Å². The third-order valence-electron chi connectivity index (χ3n) is 5.86. The van der Waals surface area contributed by atoms with Gasteiger partial charge < -0.3 is 14.5 Å². The van der Waals surface area contributed by atoms with Crippen molar-refractivity contribution in [3.8, 4) is 0 Å². The third-order valence-corrected chi connectivity index (χ3v) is 5.86. The van der Waals surface area contributed by atoms with E-state index in [9.17, 15) is 9.59 Å². The van der Waals surface area contributed by atoms with Crippen LogP contribution in [0.15, 0.2) is 0 Å². The molecule has 1 aromatic heterocycles. The largest absolute Gasteiger partial charge is 0.351 e. The summed E-state index contributed by atoms with van der Waals surface area (Å²) in [5.41, 5.74) is 1.48. The average molecular weight is 332 g/mol. The van der Waals surface area contributed by atoms with Crippen molar-refractivity contribution in [3.05, 3.63) is 17.0 Å². The molecule has 3 aliphatic rings. The number of hydrogen-bond donors (Lipinski definition) is 1. The molecule has 7 nitrogen and oxygen atoms in total. The molecule has 0 bridgehead atoms. The van der Waals surface area contributed by atoms with Crippen molar-refractivity contribution in [3.63, 3.8) is 0 Å². The Labute approximate surface area is 141 Å². The first kappa shape index (κ1) is 15.6. The van der Waals surface area contributed by atoms with Gasteiger partial charge in [0.2, 0.25) is 5.91 Å². The monoisotopic (exact) mass is 332 g/mol. The van der Waals surface area contributed by atoms with Crippen LogP contribution < -0.4 is 0 Å². The van der Waals surface area contributed by atoms with Crippen LogP contribution in [0, 0.1) is 19.8 Å². The predicted octanol–water partition coefficient (Wildman–Crippen LogP) is 1.22. The molecule has 3 atom stereocenters. The van der Waals surface area contributed by atoms with Crippen molar-refractivity contribution in [2.75, 3.05) is 13.2 Å². The average Bonchev–Trinajstić information content (AvgIpc) is 3.21. The molecule has 1 spiro atoms. The summed E-state index contributed by atoms with van der Waals surface area (Å²) >= 11 is 0. The van der Waals surface area contributed by atoms with Crippen LogP contribution in [0.3, 0.4) is 0 Å². The van der Waals surface area contributed by atoms with Gasteiger partial charge in [0.15, 0.2) is 5.72 Å². The number of amides is 2. The Bertz CT molecular complexity index is 693. The van der Waals surface area contributed by atoms with E-state index in [0.29, 0.717) is 43.2 Å². The second kappa shape index (κ2) is 5.05. The number of nitrogens with one attached hydrogen (secondary N) is 1. The highest BCUT2D eigenvalue weighted by Crippen LogP contribution is 2.49. The van der Waals surface area contributed by atoms with Crippen molar-refractivity contribution in [1.82, 2.24) is 20.0 Å². The molecule has 4 heterocycles. The first-order chi connectivity index (χ1) is 11.4. The van der Waals surface area contributed by atoms with Gasteiger partial charge in [-0.15, -0.1) is 0 Å². The van der Waals surface area contributed by atoms with E-state index in [-0.39, 0.29) is 23.9 Å². The number of ether oxygens (including phenoxy) is 1. The standard InChI is InChI=1S/C17H24N4O3/c1-9(2)12-8-24-17-5-6-20(13(17)7-14(22)21(12)17)16(23)15-10(3)18-19-11(15)4/h9,12-13H,5-8H2,1-4H3,(H,18,19)/t12-,13+,17-/m0/s1.